The molecule has 1 saturated heterocycles. The molecular formula is C29H28ClF6N3O3. The second-order valence-electron chi connectivity index (χ2n) is 10.7. The van der Waals surface area contributed by atoms with Crippen LogP contribution in [0, 0.1) is 0 Å². The molecule has 1 aliphatic heterocycles. The number of aliphatic hydroxyl groups excluding tert-OH is 2. The van der Waals surface area contributed by atoms with E-state index in [0.717, 1.165) is 4.90 Å². The van der Waals surface area contributed by atoms with Crippen molar-refractivity contribution in [3.05, 3.63) is 76.4 Å². The second kappa shape index (κ2) is 11.4. The fourth-order valence-corrected chi connectivity index (χ4v) is 5.31. The van der Waals surface area contributed by atoms with Crippen molar-refractivity contribution < 1.29 is 41.4 Å². The van der Waals surface area contributed by atoms with Crippen molar-refractivity contribution >= 4 is 29.0 Å². The first-order valence-electron chi connectivity index (χ1n) is 12.8. The predicted octanol–water partition coefficient (Wildman–Crippen LogP) is 6.31. The van der Waals surface area contributed by atoms with Crippen LogP contribution in [0.2, 0.25) is 5.02 Å². The Hall–Kier alpha value is -3.35. The van der Waals surface area contributed by atoms with E-state index in [1.165, 1.54) is 27.1 Å². The SMILES string of the molecule is CN(C(=O)C(C)(C)c1cc(C(F)(F)F)cc(C(F)(F)F)c1)c1cnc(N2C[C@@H](O)C[C@@H]2CO)cc1-c1ccccc1Cl. The van der Waals surface area contributed by atoms with Crippen LogP contribution in [0.25, 0.3) is 11.1 Å². The monoisotopic (exact) mass is 615 g/mol. The van der Waals surface area contributed by atoms with Crippen molar-refractivity contribution in [2.75, 3.05) is 30.0 Å². The summed E-state index contributed by atoms with van der Waals surface area (Å²) in [6.45, 7) is 2.44. The lowest BCUT2D eigenvalue weighted by molar-refractivity contribution is -0.143. The molecule has 1 aliphatic rings. The van der Waals surface area contributed by atoms with Crippen LogP contribution in [-0.4, -0.2) is 53.4 Å². The number of carbonyl (C=O) groups is 1. The number of hydrogen-bond donors (Lipinski definition) is 2. The molecule has 3 aromatic rings. The van der Waals surface area contributed by atoms with E-state index < -0.39 is 52.5 Å². The number of anilines is 2. The number of β-amino-alcohol motifs (C(OH)–C–C–N with tert-alkyl or cyclic N) is 1. The van der Waals surface area contributed by atoms with E-state index in [1.54, 1.807) is 35.2 Å². The minimum absolute atomic E-state index is 0.0147. The lowest BCUT2D eigenvalue weighted by atomic mass is 9.81. The lowest BCUT2D eigenvalue weighted by Gasteiger charge is -2.32. The largest absolute Gasteiger partial charge is 0.416 e. The average molecular weight is 616 g/mol. The summed E-state index contributed by atoms with van der Waals surface area (Å²) in [5, 5.41) is 20.3. The normalized spacial score (nSPS) is 18.0. The molecule has 13 heteroatoms. The maximum absolute atomic E-state index is 13.9. The number of carbonyl (C=O) groups excluding carboxylic acids is 1. The summed E-state index contributed by atoms with van der Waals surface area (Å²) in [5.41, 5.74) is -4.29. The number of aliphatic hydroxyl groups is 2. The van der Waals surface area contributed by atoms with Gasteiger partial charge in [0.05, 0.1) is 47.2 Å². The third-order valence-electron chi connectivity index (χ3n) is 7.44. The van der Waals surface area contributed by atoms with Crippen molar-refractivity contribution in [1.29, 1.82) is 0 Å². The fourth-order valence-electron chi connectivity index (χ4n) is 5.07. The summed E-state index contributed by atoms with van der Waals surface area (Å²) in [7, 11) is 1.34. The van der Waals surface area contributed by atoms with Gasteiger partial charge in [-0.2, -0.15) is 26.3 Å². The van der Waals surface area contributed by atoms with Crippen molar-refractivity contribution in [2.24, 2.45) is 0 Å². The quantitative estimate of drug-likeness (QED) is 0.318. The van der Waals surface area contributed by atoms with Crippen LogP contribution in [0.15, 0.2) is 54.7 Å². The molecular weight excluding hydrogens is 588 g/mol. The Morgan fingerprint density at radius 2 is 1.57 bits per heavy atom. The number of hydrogen-bond acceptors (Lipinski definition) is 5. The first kappa shape index (κ1) is 31.6. The van der Waals surface area contributed by atoms with Gasteiger partial charge < -0.3 is 20.0 Å². The third-order valence-corrected chi connectivity index (χ3v) is 7.77. The molecule has 0 bridgehead atoms. The van der Waals surface area contributed by atoms with E-state index in [9.17, 15) is 41.4 Å². The van der Waals surface area contributed by atoms with Gasteiger partial charge in [0.25, 0.3) is 0 Å². The Balaban J connectivity index is 1.82. The molecule has 1 fully saturated rings. The van der Waals surface area contributed by atoms with Gasteiger partial charge in [-0.25, -0.2) is 4.98 Å². The summed E-state index contributed by atoms with van der Waals surface area (Å²) in [5.74, 6) is -0.431. The number of rotatable bonds is 6. The summed E-state index contributed by atoms with van der Waals surface area (Å²) in [6.07, 6.45) is -9.20. The number of nitrogens with zero attached hydrogens (tertiary/aromatic N) is 3. The van der Waals surface area contributed by atoms with Gasteiger partial charge in [0.15, 0.2) is 0 Å². The first-order chi connectivity index (χ1) is 19.4. The highest BCUT2D eigenvalue weighted by Gasteiger charge is 2.41. The number of benzene rings is 2. The molecule has 0 radical (unpaired) electrons. The molecule has 6 nitrogen and oxygen atoms in total. The smallest absolute Gasteiger partial charge is 0.394 e. The molecule has 2 heterocycles. The van der Waals surface area contributed by atoms with Crippen LogP contribution in [0.5, 0.6) is 0 Å². The lowest BCUT2D eigenvalue weighted by Crippen LogP contribution is -2.42. The van der Waals surface area contributed by atoms with Gasteiger partial charge in [-0.1, -0.05) is 29.8 Å². The van der Waals surface area contributed by atoms with Crippen molar-refractivity contribution in [3.8, 4) is 11.1 Å². The van der Waals surface area contributed by atoms with Crippen LogP contribution in [0.4, 0.5) is 37.8 Å². The number of alkyl halides is 6. The average Bonchev–Trinajstić information content (AvgIpc) is 3.31. The zero-order valence-corrected chi connectivity index (χ0v) is 23.5. The first-order valence-corrected chi connectivity index (χ1v) is 13.2. The molecule has 226 valence electrons. The van der Waals surface area contributed by atoms with E-state index in [0.29, 0.717) is 40.5 Å². The highest BCUT2D eigenvalue weighted by atomic mass is 35.5. The molecule has 42 heavy (non-hydrogen) atoms. The third kappa shape index (κ3) is 6.20. The molecule has 0 aliphatic carbocycles. The molecule has 2 N–H and O–H groups in total. The van der Waals surface area contributed by atoms with Crippen molar-refractivity contribution in [2.45, 2.75) is 50.2 Å². The number of aromatic nitrogens is 1. The fraction of sp³-hybridized carbons (Fsp3) is 0.379. The van der Waals surface area contributed by atoms with Gasteiger partial charge in [-0.3, -0.25) is 4.79 Å². The minimum atomic E-state index is -5.08. The Morgan fingerprint density at radius 1 is 1.00 bits per heavy atom. The van der Waals surface area contributed by atoms with Crippen LogP contribution in [0.1, 0.15) is 37.0 Å². The van der Waals surface area contributed by atoms with Gasteiger partial charge in [0, 0.05) is 29.7 Å². The molecule has 0 spiro atoms. The predicted molar refractivity (Wildman–Crippen MR) is 146 cm³/mol. The van der Waals surface area contributed by atoms with Crippen LogP contribution >= 0.6 is 11.6 Å². The number of halogens is 7. The van der Waals surface area contributed by atoms with Gasteiger partial charge in [0.1, 0.15) is 5.82 Å². The Morgan fingerprint density at radius 3 is 2.12 bits per heavy atom. The Bertz CT molecular complexity index is 1450. The number of amides is 1. The van der Waals surface area contributed by atoms with Gasteiger partial charge in [0.2, 0.25) is 5.91 Å². The Kier molecular flexibility index (Phi) is 8.56. The molecule has 0 saturated carbocycles. The highest BCUT2D eigenvalue weighted by Crippen LogP contribution is 2.42. The van der Waals surface area contributed by atoms with Crippen molar-refractivity contribution in [3.63, 3.8) is 0 Å². The van der Waals surface area contributed by atoms with Crippen LogP contribution in [0.3, 0.4) is 0 Å². The van der Waals surface area contributed by atoms with E-state index in [4.69, 9.17) is 11.6 Å². The summed E-state index contributed by atoms with van der Waals surface area (Å²) in [4.78, 5) is 21.1. The van der Waals surface area contributed by atoms with Crippen LogP contribution in [-0.2, 0) is 22.6 Å². The second-order valence-corrected chi connectivity index (χ2v) is 11.1. The molecule has 1 aromatic heterocycles. The standard InChI is InChI=1S/C29H28ClF6N3O3/c1-27(2,16-8-17(28(31,32)33)10-18(9-16)29(34,35)36)26(42)38(3)24-13-37-25(39-14-20(41)11-19(39)15-40)12-22(24)21-6-4-5-7-23(21)30/h4-10,12-13,19-20,40-41H,11,14-15H2,1-3H3/t19-,20+/m1/s1. The minimum Gasteiger partial charge on any atom is -0.394 e. The molecule has 4 rings (SSSR count). The van der Waals surface area contributed by atoms with E-state index in [1.807, 2.05) is 0 Å². The Labute approximate surface area is 243 Å². The summed E-state index contributed by atoms with van der Waals surface area (Å²) >= 11 is 6.48. The van der Waals surface area contributed by atoms with Crippen LogP contribution < -0.4 is 9.80 Å². The highest BCUT2D eigenvalue weighted by molar-refractivity contribution is 6.33. The summed E-state index contributed by atoms with van der Waals surface area (Å²) in [6, 6.07) is 8.99. The topological polar surface area (TPSA) is 76.9 Å². The zero-order valence-electron chi connectivity index (χ0n) is 22.8. The summed E-state index contributed by atoms with van der Waals surface area (Å²) < 4.78 is 81.3. The van der Waals surface area contributed by atoms with E-state index in [2.05, 4.69) is 4.98 Å². The van der Waals surface area contributed by atoms with Crippen molar-refractivity contribution in [1.82, 2.24) is 4.98 Å². The van der Waals surface area contributed by atoms with E-state index in [-0.39, 0.29) is 24.9 Å². The van der Waals surface area contributed by atoms with Gasteiger partial charge in [-0.05, 0) is 56.2 Å². The molecule has 2 aromatic carbocycles. The molecule has 2 atom stereocenters. The molecule has 1 amide bonds. The van der Waals surface area contributed by atoms with E-state index >= 15 is 0 Å². The van der Waals surface area contributed by atoms with Gasteiger partial charge >= 0.3 is 12.4 Å². The number of pyridine rings is 1. The maximum Gasteiger partial charge on any atom is 0.416 e. The maximum atomic E-state index is 13.9. The van der Waals surface area contributed by atoms with Gasteiger partial charge in [-0.15, -0.1) is 0 Å². The molecule has 0 unspecified atom stereocenters. The zero-order chi connectivity index (χ0) is 31.2. The number of likely N-dealkylation sites (N-methyl/N-ethyl adjacent to an activating group) is 1.